The molecule has 0 unspecified atom stereocenters. The van der Waals surface area contributed by atoms with Crippen LogP contribution in [0.1, 0.15) is 28.8 Å². The third-order valence-corrected chi connectivity index (χ3v) is 4.89. The van der Waals surface area contributed by atoms with E-state index in [1.807, 2.05) is 0 Å². The fourth-order valence-electron chi connectivity index (χ4n) is 3.04. The highest BCUT2D eigenvalue weighted by Gasteiger charge is 2.27. The van der Waals surface area contributed by atoms with Gasteiger partial charge >= 0.3 is 0 Å². The molecule has 0 radical (unpaired) electrons. The first-order valence-electron chi connectivity index (χ1n) is 8.57. The van der Waals surface area contributed by atoms with Gasteiger partial charge in [0, 0.05) is 35.8 Å². The highest BCUT2D eigenvalue weighted by Crippen LogP contribution is 2.27. The summed E-state index contributed by atoms with van der Waals surface area (Å²) < 4.78 is 13.6. The Hall–Kier alpha value is -3.00. The molecule has 0 aliphatic carbocycles. The minimum absolute atomic E-state index is 0.0543. The van der Waals surface area contributed by atoms with Gasteiger partial charge in [-0.2, -0.15) is 0 Å². The number of nitrogens with zero attached hydrogens (tertiary/aromatic N) is 3. The van der Waals surface area contributed by atoms with Crippen LogP contribution in [0.5, 0.6) is 0 Å². The number of amides is 2. The van der Waals surface area contributed by atoms with Crippen LogP contribution in [0.15, 0.2) is 36.4 Å². The zero-order valence-electron chi connectivity index (χ0n) is 15.0. The maximum atomic E-state index is 13.6. The van der Waals surface area contributed by atoms with Crippen LogP contribution >= 0.6 is 11.6 Å². The number of hydrogen-bond donors (Lipinski definition) is 0. The molecule has 0 N–H and O–H groups in total. The molecule has 0 spiro atoms. The molecular formula is C19H17ClFN3O4. The lowest BCUT2D eigenvalue weighted by atomic mass is 10.1. The number of nitro groups is 1. The fraction of sp³-hybridized carbons (Fsp3) is 0.263. The van der Waals surface area contributed by atoms with Crippen molar-refractivity contribution in [1.82, 2.24) is 4.90 Å². The smallest absolute Gasteiger partial charge is 0.273 e. The molecule has 0 aromatic heterocycles. The molecule has 3 rings (SSSR count). The van der Waals surface area contributed by atoms with E-state index < -0.39 is 16.6 Å². The lowest BCUT2D eigenvalue weighted by Crippen LogP contribution is -2.42. The molecule has 146 valence electrons. The minimum atomic E-state index is -0.638. The fourth-order valence-corrected chi connectivity index (χ4v) is 3.21. The van der Waals surface area contributed by atoms with Gasteiger partial charge in [0.15, 0.2) is 0 Å². The van der Waals surface area contributed by atoms with Crippen molar-refractivity contribution in [2.75, 3.05) is 18.1 Å². The van der Waals surface area contributed by atoms with E-state index in [1.165, 1.54) is 40.1 Å². The third kappa shape index (κ3) is 3.96. The zero-order valence-corrected chi connectivity index (χ0v) is 15.8. The molecule has 1 aliphatic rings. The van der Waals surface area contributed by atoms with Gasteiger partial charge in [-0.15, -0.1) is 0 Å². The Morgan fingerprint density at radius 2 is 2.07 bits per heavy atom. The summed E-state index contributed by atoms with van der Waals surface area (Å²) in [4.78, 5) is 38.6. The molecular weight excluding hydrogens is 389 g/mol. The van der Waals surface area contributed by atoms with Gasteiger partial charge in [0.05, 0.1) is 9.95 Å². The summed E-state index contributed by atoms with van der Waals surface area (Å²) >= 11 is 5.86. The van der Waals surface area contributed by atoms with Crippen molar-refractivity contribution < 1.29 is 18.9 Å². The Bertz CT molecular complexity index is 966. The van der Waals surface area contributed by atoms with Gasteiger partial charge in [-0.05, 0) is 37.6 Å². The Labute approximate surface area is 165 Å². The molecule has 2 aromatic carbocycles. The number of anilines is 1. The largest absolute Gasteiger partial charge is 0.324 e. The quantitative estimate of drug-likeness (QED) is 0.557. The van der Waals surface area contributed by atoms with Crippen LogP contribution < -0.4 is 4.90 Å². The standard InChI is InChI=1S/C19H17ClFN3O4/c1-12-4-5-13(9-17(12)24(27)28)19(26)23(11-22-8-2-3-18(22)25)14-6-7-16(21)15(20)10-14/h4-7,9-10H,2-3,8,11H2,1H3. The Balaban J connectivity index is 2.01. The minimum Gasteiger partial charge on any atom is -0.324 e. The number of carbonyl (C=O) groups is 2. The van der Waals surface area contributed by atoms with Crippen LogP contribution in [0.2, 0.25) is 5.02 Å². The number of halogens is 2. The first-order valence-corrected chi connectivity index (χ1v) is 8.95. The second-order valence-corrected chi connectivity index (χ2v) is 6.90. The lowest BCUT2D eigenvalue weighted by molar-refractivity contribution is -0.385. The van der Waals surface area contributed by atoms with Gasteiger partial charge in [0.2, 0.25) is 5.91 Å². The van der Waals surface area contributed by atoms with Crippen LogP contribution in [-0.2, 0) is 4.79 Å². The van der Waals surface area contributed by atoms with E-state index in [9.17, 15) is 24.1 Å². The number of hydrogen-bond acceptors (Lipinski definition) is 4. The van der Waals surface area contributed by atoms with Gasteiger partial charge in [-0.3, -0.25) is 24.6 Å². The maximum absolute atomic E-state index is 13.6. The summed E-state index contributed by atoms with van der Waals surface area (Å²) in [7, 11) is 0. The Kier molecular flexibility index (Phi) is 5.60. The molecule has 28 heavy (non-hydrogen) atoms. The molecule has 0 bridgehead atoms. The molecule has 1 heterocycles. The third-order valence-electron chi connectivity index (χ3n) is 4.60. The summed E-state index contributed by atoms with van der Waals surface area (Å²) in [6, 6.07) is 7.96. The lowest BCUT2D eigenvalue weighted by Gasteiger charge is -2.28. The topological polar surface area (TPSA) is 83.8 Å². The van der Waals surface area contributed by atoms with E-state index in [-0.39, 0.29) is 28.8 Å². The molecule has 2 aromatic rings. The first kappa shape index (κ1) is 19.8. The van der Waals surface area contributed by atoms with E-state index in [0.717, 1.165) is 6.07 Å². The van der Waals surface area contributed by atoms with Crippen LogP contribution in [-0.4, -0.2) is 34.9 Å². The van der Waals surface area contributed by atoms with Crippen molar-refractivity contribution in [3.8, 4) is 0 Å². The average Bonchev–Trinajstić information content (AvgIpc) is 3.06. The zero-order chi connectivity index (χ0) is 20.4. The summed E-state index contributed by atoms with van der Waals surface area (Å²) in [5.74, 6) is -1.28. The number of carbonyl (C=O) groups excluding carboxylic acids is 2. The van der Waals surface area contributed by atoms with E-state index in [2.05, 4.69) is 0 Å². The SMILES string of the molecule is Cc1ccc(C(=O)N(CN2CCCC2=O)c2ccc(F)c(Cl)c2)cc1[N+](=O)[O-]. The number of aryl methyl sites for hydroxylation is 1. The molecule has 2 amide bonds. The summed E-state index contributed by atoms with van der Waals surface area (Å²) in [5.41, 5.74) is 0.622. The molecule has 7 nitrogen and oxygen atoms in total. The van der Waals surface area contributed by atoms with Crippen molar-refractivity contribution in [2.45, 2.75) is 19.8 Å². The van der Waals surface area contributed by atoms with E-state index in [1.54, 1.807) is 6.92 Å². The van der Waals surface area contributed by atoms with Gasteiger partial charge in [-0.25, -0.2) is 4.39 Å². The summed E-state index contributed by atoms with van der Waals surface area (Å²) in [5, 5.41) is 11.0. The summed E-state index contributed by atoms with van der Waals surface area (Å²) in [6.45, 7) is 2.01. The average molecular weight is 406 g/mol. The Morgan fingerprint density at radius 3 is 2.68 bits per heavy atom. The number of likely N-dealkylation sites (tertiary alicyclic amines) is 1. The van der Waals surface area contributed by atoms with Crippen LogP contribution in [0.3, 0.4) is 0 Å². The highest BCUT2D eigenvalue weighted by atomic mass is 35.5. The van der Waals surface area contributed by atoms with Crippen LogP contribution in [0.4, 0.5) is 15.8 Å². The van der Waals surface area contributed by atoms with Gasteiger partial charge < -0.3 is 4.90 Å². The molecule has 0 atom stereocenters. The Morgan fingerprint density at radius 1 is 1.32 bits per heavy atom. The van der Waals surface area contributed by atoms with Gasteiger partial charge in [0.1, 0.15) is 12.5 Å². The van der Waals surface area contributed by atoms with E-state index in [0.29, 0.717) is 30.6 Å². The first-order chi connectivity index (χ1) is 13.3. The number of rotatable bonds is 5. The van der Waals surface area contributed by atoms with Crippen LogP contribution in [0.25, 0.3) is 0 Å². The molecule has 0 saturated carbocycles. The summed E-state index contributed by atoms with van der Waals surface area (Å²) in [6.07, 6.45) is 1.07. The van der Waals surface area contributed by atoms with Crippen molar-refractivity contribution in [3.63, 3.8) is 0 Å². The van der Waals surface area contributed by atoms with Gasteiger partial charge in [0.25, 0.3) is 11.6 Å². The monoisotopic (exact) mass is 405 g/mol. The second-order valence-electron chi connectivity index (χ2n) is 6.49. The van der Waals surface area contributed by atoms with Crippen LogP contribution in [0, 0.1) is 22.9 Å². The van der Waals surface area contributed by atoms with Gasteiger partial charge in [-0.1, -0.05) is 17.7 Å². The molecule has 1 fully saturated rings. The predicted molar refractivity (Wildman–Crippen MR) is 102 cm³/mol. The predicted octanol–water partition coefficient (Wildman–Crippen LogP) is 3.92. The van der Waals surface area contributed by atoms with Crippen molar-refractivity contribution in [2.24, 2.45) is 0 Å². The molecule has 1 saturated heterocycles. The highest BCUT2D eigenvalue weighted by molar-refractivity contribution is 6.31. The van der Waals surface area contributed by atoms with E-state index >= 15 is 0 Å². The van der Waals surface area contributed by atoms with Crippen molar-refractivity contribution >= 4 is 34.8 Å². The number of nitro benzene ring substituents is 1. The van der Waals surface area contributed by atoms with E-state index in [4.69, 9.17) is 11.6 Å². The number of benzene rings is 2. The maximum Gasteiger partial charge on any atom is 0.273 e. The normalized spacial score (nSPS) is 13.7. The second kappa shape index (κ2) is 7.93. The molecule has 1 aliphatic heterocycles. The van der Waals surface area contributed by atoms with Crippen molar-refractivity contribution in [3.05, 3.63) is 68.5 Å². The van der Waals surface area contributed by atoms with Crippen molar-refractivity contribution in [1.29, 1.82) is 0 Å². The molecule has 9 heteroatoms.